The van der Waals surface area contributed by atoms with Gasteiger partial charge in [0.1, 0.15) is 0 Å². The number of sulfone groups is 1. The number of ketones is 1. The van der Waals surface area contributed by atoms with Crippen LogP contribution in [0.5, 0.6) is 0 Å². The van der Waals surface area contributed by atoms with Crippen molar-refractivity contribution < 1.29 is 13.2 Å². The molecule has 0 aliphatic carbocycles. The van der Waals surface area contributed by atoms with Crippen molar-refractivity contribution in [3.8, 4) is 0 Å². The quantitative estimate of drug-likeness (QED) is 0.416. The summed E-state index contributed by atoms with van der Waals surface area (Å²) in [7, 11) is -3.19. The second kappa shape index (κ2) is 7.24. The summed E-state index contributed by atoms with van der Waals surface area (Å²) in [5.41, 5.74) is 0.580. The van der Waals surface area contributed by atoms with Crippen LogP contribution < -0.4 is 0 Å². The minimum absolute atomic E-state index is 0.0682. The molecule has 1 aromatic carbocycles. The van der Waals surface area contributed by atoms with E-state index in [1.165, 1.54) is 12.1 Å². The maximum Gasteiger partial charge on any atom is 0.175 e. The molecule has 0 unspecified atom stereocenters. The fraction of sp³-hybridized carbons (Fsp3) is 0.400. The Kier molecular flexibility index (Phi) is 5.96. The van der Waals surface area contributed by atoms with Crippen molar-refractivity contribution in [2.45, 2.75) is 37.0 Å². The van der Waals surface area contributed by atoms with Gasteiger partial charge in [-0.2, -0.15) is 0 Å². The molecule has 0 bridgehead atoms. The molecule has 0 fully saturated rings. The number of benzene rings is 1. The van der Waals surface area contributed by atoms with Crippen molar-refractivity contribution in [3.63, 3.8) is 0 Å². The predicted molar refractivity (Wildman–Crippen MR) is 77.2 cm³/mol. The maximum atomic E-state index is 11.9. The van der Waals surface area contributed by atoms with E-state index in [-0.39, 0.29) is 10.7 Å². The van der Waals surface area contributed by atoms with Gasteiger partial charge in [-0.05, 0) is 31.4 Å². The Balaban J connectivity index is 2.52. The van der Waals surface area contributed by atoms with Crippen LogP contribution in [0.15, 0.2) is 41.8 Å². The molecule has 0 N–H and O–H groups in total. The number of hydrogen-bond donors (Lipinski definition) is 0. The van der Waals surface area contributed by atoms with Gasteiger partial charge < -0.3 is 0 Å². The molecule has 0 saturated carbocycles. The van der Waals surface area contributed by atoms with E-state index in [1.807, 2.05) is 6.08 Å². The predicted octanol–water partition coefficient (Wildman–Crippen LogP) is 3.41. The third-order valence-electron chi connectivity index (χ3n) is 2.92. The lowest BCUT2D eigenvalue weighted by atomic mass is 10.0. The summed E-state index contributed by atoms with van der Waals surface area (Å²) in [4.78, 5) is 12.1. The second-order valence-corrected chi connectivity index (χ2v) is 6.62. The van der Waals surface area contributed by atoms with E-state index in [0.717, 1.165) is 31.9 Å². The third-order valence-corrected chi connectivity index (χ3v) is 4.05. The minimum atomic E-state index is -3.19. The molecule has 1 rings (SSSR count). The van der Waals surface area contributed by atoms with E-state index in [2.05, 4.69) is 6.58 Å². The van der Waals surface area contributed by atoms with Crippen LogP contribution in [-0.4, -0.2) is 20.5 Å². The first kappa shape index (κ1) is 15.6. The van der Waals surface area contributed by atoms with Crippen molar-refractivity contribution in [1.82, 2.24) is 0 Å². The highest BCUT2D eigenvalue weighted by Gasteiger charge is 2.09. The van der Waals surface area contributed by atoms with Crippen molar-refractivity contribution in [1.29, 1.82) is 0 Å². The van der Waals surface area contributed by atoms with Gasteiger partial charge in [0.2, 0.25) is 0 Å². The van der Waals surface area contributed by atoms with Crippen LogP contribution in [-0.2, 0) is 9.84 Å². The molecule has 0 aliphatic heterocycles. The monoisotopic (exact) mass is 280 g/mol. The Morgan fingerprint density at radius 3 is 2.32 bits per heavy atom. The van der Waals surface area contributed by atoms with E-state index in [0.29, 0.717) is 12.0 Å². The highest BCUT2D eigenvalue weighted by atomic mass is 32.2. The third kappa shape index (κ3) is 5.39. The molecule has 4 heteroatoms. The zero-order chi connectivity index (χ0) is 14.3. The van der Waals surface area contributed by atoms with Gasteiger partial charge in [0, 0.05) is 18.2 Å². The summed E-state index contributed by atoms with van der Waals surface area (Å²) in [6, 6.07) is 6.14. The van der Waals surface area contributed by atoms with Gasteiger partial charge in [-0.1, -0.05) is 24.6 Å². The van der Waals surface area contributed by atoms with Crippen LogP contribution in [0.3, 0.4) is 0 Å². The van der Waals surface area contributed by atoms with E-state index in [1.54, 1.807) is 12.1 Å². The first-order chi connectivity index (χ1) is 8.95. The summed E-state index contributed by atoms with van der Waals surface area (Å²) < 4.78 is 22.6. The van der Waals surface area contributed by atoms with Crippen LogP contribution in [0, 0.1) is 0 Å². The molecular weight excluding hydrogens is 260 g/mol. The van der Waals surface area contributed by atoms with Crippen molar-refractivity contribution in [2.75, 3.05) is 6.26 Å². The molecule has 104 valence electrons. The Bertz CT molecular complexity index is 527. The van der Waals surface area contributed by atoms with Gasteiger partial charge in [-0.25, -0.2) is 8.42 Å². The molecule has 1 aromatic rings. The van der Waals surface area contributed by atoms with Crippen LogP contribution in [0.1, 0.15) is 42.5 Å². The number of unbranched alkanes of at least 4 members (excludes halogenated alkanes) is 3. The van der Waals surface area contributed by atoms with Gasteiger partial charge in [0.05, 0.1) is 4.90 Å². The van der Waals surface area contributed by atoms with Gasteiger partial charge in [-0.3, -0.25) is 4.79 Å². The van der Waals surface area contributed by atoms with Crippen LogP contribution in [0.2, 0.25) is 0 Å². The van der Waals surface area contributed by atoms with Crippen LogP contribution in [0.25, 0.3) is 0 Å². The number of allylic oxidation sites excluding steroid dienone is 1. The summed E-state index contributed by atoms with van der Waals surface area (Å²) >= 11 is 0. The van der Waals surface area contributed by atoms with Gasteiger partial charge >= 0.3 is 0 Å². The maximum absolute atomic E-state index is 11.9. The molecule has 0 aromatic heterocycles. The van der Waals surface area contributed by atoms with Gasteiger partial charge in [0.15, 0.2) is 15.6 Å². The molecule has 0 saturated heterocycles. The smallest absolute Gasteiger partial charge is 0.175 e. The summed E-state index contributed by atoms with van der Waals surface area (Å²) in [5.74, 6) is 0.0682. The molecule has 0 spiro atoms. The highest BCUT2D eigenvalue weighted by Crippen LogP contribution is 2.13. The van der Waals surface area contributed by atoms with Crippen molar-refractivity contribution in [3.05, 3.63) is 42.5 Å². The number of rotatable bonds is 8. The van der Waals surface area contributed by atoms with E-state index in [9.17, 15) is 13.2 Å². The first-order valence-corrected chi connectivity index (χ1v) is 8.28. The van der Waals surface area contributed by atoms with E-state index < -0.39 is 9.84 Å². The molecule has 3 nitrogen and oxygen atoms in total. The molecule has 0 amide bonds. The molecule has 0 atom stereocenters. The Labute approximate surface area is 115 Å². The normalized spacial score (nSPS) is 11.2. The number of Topliss-reactive ketones (excluding diaryl/α,β-unsaturated/α-hetero) is 1. The zero-order valence-electron chi connectivity index (χ0n) is 11.3. The summed E-state index contributed by atoms with van der Waals surface area (Å²) in [5, 5.41) is 0. The Morgan fingerprint density at radius 1 is 1.16 bits per heavy atom. The SMILES string of the molecule is C=CCCCCCC(=O)c1ccc(S(C)(=O)=O)cc1. The van der Waals surface area contributed by atoms with Crippen molar-refractivity contribution in [2.24, 2.45) is 0 Å². The topological polar surface area (TPSA) is 51.2 Å². The average molecular weight is 280 g/mol. The van der Waals surface area contributed by atoms with Crippen LogP contribution in [0.4, 0.5) is 0 Å². The minimum Gasteiger partial charge on any atom is -0.294 e. The molecular formula is C15H20O3S. The zero-order valence-corrected chi connectivity index (χ0v) is 12.1. The fourth-order valence-electron chi connectivity index (χ4n) is 1.78. The number of hydrogen-bond acceptors (Lipinski definition) is 3. The lowest BCUT2D eigenvalue weighted by Crippen LogP contribution is -2.01. The van der Waals surface area contributed by atoms with E-state index in [4.69, 9.17) is 0 Å². The second-order valence-electron chi connectivity index (χ2n) is 4.61. The lowest BCUT2D eigenvalue weighted by Gasteiger charge is -2.03. The molecule has 19 heavy (non-hydrogen) atoms. The lowest BCUT2D eigenvalue weighted by molar-refractivity contribution is 0.0979. The van der Waals surface area contributed by atoms with Gasteiger partial charge in [-0.15, -0.1) is 6.58 Å². The Morgan fingerprint density at radius 2 is 1.79 bits per heavy atom. The highest BCUT2D eigenvalue weighted by molar-refractivity contribution is 7.90. The van der Waals surface area contributed by atoms with Crippen molar-refractivity contribution >= 4 is 15.6 Å². The number of carbonyl (C=O) groups is 1. The van der Waals surface area contributed by atoms with Crippen LogP contribution >= 0.6 is 0 Å². The number of carbonyl (C=O) groups excluding carboxylic acids is 1. The average Bonchev–Trinajstić information content (AvgIpc) is 2.37. The van der Waals surface area contributed by atoms with E-state index >= 15 is 0 Å². The standard InChI is InChI=1S/C15H20O3S/c1-3-4-5-6-7-8-15(16)13-9-11-14(12-10-13)19(2,17)18/h3,9-12H,1,4-8H2,2H3. The first-order valence-electron chi connectivity index (χ1n) is 6.39. The summed E-state index contributed by atoms with van der Waals surface area (Å²) in [6.07, 6.45) is 7.46. The largest absolute Gasteiger partial charge is 0.294 e. The molecule has 0 aliphatic rings. The van der Waals surface area contributed by atoms with Gasteiger partial charge in [0.25, 0.3) is 0 Å². The molecule has 0 heterocycles. The Hall–Kier alpha value is -1.42. The fourth-order valence-corrected chi connectivity index (χ4v) is 2.41. The molecule has 0 radical (unpaired) electrons. The summed E-state index contributed by atoms with van der Waals surface area (Å²) in [6.45, 7) is 3.65.